The molecule has 0 aliphatic carbocycles. The van der Waals surface area contributed by atoms with E-state index < -0.39 is 0 Å². The van der Waals surface area contributed by atoms with Gasteiger partial charge in [0.05, 0.1) is 24.1 Å². The van der Waals surface area contributed by atoms with Gasteiger partial charge in [0.2, 0.25) is 0 Å². The van der Waals surface area contributed by atoms with E-state index in [4.69, 9.17) is 14.2 Å². The molecule has 0 bridgehead atoms. The minimum atomic E-state index is -0.113. The van der Waals surface area contributed by atoms with Gasteiger partial charge < -0.3 is 19.1 Å². The van der Waals surface area contributed by atoms with Gasteiger partial charge in [-0.05, 0) is 42.8 Å². The van der Waals surface area contributed by atoms with E-state index in [9.17, 15) is 4.79 Å². The Hall–Kier alpha value is -3.48. The average Bonchev–Trinajstić information content (AvgIpc) is 3.24. The molecule has 2 aromatic carbocycles. The predicted octanol–water partition coefficient (Wildman–Crippen LogP) is 3.52. The molecule has 1 amide bonds. The fourth-order valence-electron chi connectivity index (χ4n) is 3.28. The lowest BCUT2D eigenvalue weighted by atomic mass is 10.1. The quantitative estimate of drug-likeness (QED) is 0.693. The van der Waals surface area contributed by atoms with Crippen LogP contribution in [0.3, 0.4) is 0 Å². The molecule has 1 N–H and O–H groups in total. The maximum atomic E-state index is 13.0. The molecule has 1 aromatic heterocycles. The third-order valence-electron chi connectivity index (χ3n) is 4.70. The van der Waals surface area contributed by atoms with Gasteiger partial charge in [-0.2, -0.15) is 5.10 Å². The number of ether oxygens (including phenoxy) is 3. The Morgan fingerprint density at radius 3 is 2.66 bits per heavy atom. The zero-order valence-electron chi connectivity index (χ0n) is 16.5. The highest BCUT2D eigenvalue weighted by atomic mass is 16.6. The van der Waals surface area contributed by atoms with Crippen LogP contribution in [-0.4, -0.2) is 47.9 Å². The van der Waals surface area contributed by atoms with Crippen molar-refractivity contribution in [3.8, 4) is 28.5 Å². The minimum Gasteiger partial charge on any atom is -0.494 e. The number of aromatic nitrogens is 2. The first kappa shape index (κ1) is 18.9. The predicted molar refractivity (Wildman–Crippen MR) is 108 cm³/mol. The standard InChI is InChI=1S/C22H23N3O4/c1-3-27-17-7-4-15(5-8-17)14-25(2)22(26)18-13-23-24-21(18)16-6-9-19-20(12-16)29-11-10-28-19/h4-9,12-13H,3,10-11,14H2,1-2H3,(H,23,24). The number of benzene rings is 2. The molecule has 29 heavy (non-hydrogen) atoms. The van der Waals surface area contributed by atoms with Crippen LogP contribution < -0.4 is 14.2 Å². The number of amides is 1. The van der Waals surface area contributed by atoms with Crippen LogP contribution in [0.1, 0.15) is 22.8 Å². The smallest absolute Gasteiger partial charge is 0.257 e. The van der Waals surface area contributed by atoms with E-state index in [1.807, 2.05) is 49.4 Å². The molecule has 0 unspecified atom stereocenters. The summed E-state index contributed by atoms with van der Waals surface area (Å²) in [5.41, 5.74) is 3.01. The topological polar surface area (TPSA) is 76.7 Å². The summed E-state index contributed by atoms with van der Waals surface area (Å²) in [6.07, 6.45) is 1.56. The van der Waals surface area contributed by atoms with Gasteiger partial charge >= 0.3 is 0 Å². The van der Waals surface area contributed by atoms with E-state index in [1.165, 1.54) is 0 Å². The first-order valence-electron chi connectivity index (χ1n) is 9.56. The molecule has 1 aliphatic rings. The zero-order chi connectivity index (χ0) is 20.2. The third-order valence-corrected chi connectivity index (χ3v) is 4.70. The normalized spacial score (nSPS) is 12.5. The summed E-state index contributed by atoms with van der Waals surface area (Å²) < 4.78 is 16.7. The van der Waals surface area contributed by atoms with Crippen molar-refractivity contribution in [2.24, 2.45) is 0 Å². The lowest BCUT2D eigenvalue weighted by molar-refractivity contribution is 0.0786. The largest absolute Gasteiger partial charge is 0.494 e. The molecule has 1 aliphatic heterocycles. The van der Waals surface area contributed by atoms with Gasteiger partial charge in [0.15, 0.2) is 11.5 Å². The first-order valence-corrected chi connectivity index (χ1v) is 9.56. The number of H-pyrrole nitrogens is 1. The number of rotatable bonds is 6. The highest BCUT2D eigenvalue weighted by Crippen LogP contribution is 2.35. The number of carbonyl (C=O) groups is 1. The van der Waals surface area contributed by atoms with E-state index in [0.717, 1.165) is 16.9 Å². The van der Waals surface area contributed by atoms with Crippen molar-refractivity contribution < 1.29 is 19.0 Å². The lowest BCUT2D eigenvalue weighted by Gasteiger charge is -2.19. The van der Waals surface area contributed by atoms with Crippen molar-refractivity contribution in [2.45, 2.75) is 13.5 Å². The number of aromatic amines is 1. The Morgan fingerprint density at radius 2 is 1.90 bits per heavy atom. The van der Waals surface area contributed by atoms with Gasteiger partial charge in [0.25, 0.3) is 5.91 Å². The Morgan fingerprint density at radius 1 is 1.14 bits per heavy atom. The summed E-state index contributed by atoms with van der Waals surface area (Å²) in [6, 6.07) is 13.4. The monoisotopic (exact) mass is 393 g/mol. The van der Waals surface area contributed by atoms with E-state index in [2.05, 4.69) is 10.2 Å². The van der Waals surface area contributed by atoms with Crippen molar-refractivity contribution in [3.63, 3.8) is 0 Å². The Kier molecular flexibility index (Phi) is 5.37. The summed E-state index contributed by atoms with van der Waals surface area (Å²) in [7, 11) is 1.78. The third kappa shape index (κ3) is 4.03. The van der Waals surface area contributed by atoms with Crippen LogP contribution >= 0.6 is 0 Å². The molecule has 0 spiro atoms. The van der Waals surface area contributed by atoms with Gasteiger partial charge in [0.1, 0.15) is 19.0 Å². The molecule has 0 fully saturated rings. The summed E-state index contributed by atoms with van der Waals surface area (Å²) in [4.78, 5) is 14.7. The van der Waals surface area contributed by atoms with Crippen LogP contribution in [0.5, 0.6) is 17.2 Å². The zero-order valence-corrected chi connectivity index (χ0v) is 16.5. The molecule has 0 radical (unpaired) electrons. The minimum absolute atomic E-state index is 0.113. The van der Waals surface area contributed by atoms with Crippen molar-refractivity contribution in [1.82, 2.24) is 15.1 Å². The van der Waals surface area contributed by atoms with Crippen LogP contribution in [0.4, 0.5) is 0 Å². The number of nitrogens with zero attached hydrogens (tertiary/aromatic N) is 2. The van der Waals surface area contributed by atoms with Crippen molar-refractivity contribution >= 4 is 5.91 Å². The Balaban J connectivity index is 1.52. The van der Waals surface area contributed by atoms with Crippen LogP contribution in [0.2, 0.25) is 0 Å². The summed E-state index contributed by atoms with van der Waals surface area (Å²) in [6.45, 7) is 4.11. The second-order valence-corrected chi connectivity index (χ2v) is 6.76. The van der Waals surface area contributed by atoms with Crippen molar-refractivity contribution in [3.05, 3.63) is 59.8 Å². The SMILES string of the molecule is CCOc1ccc(CN(C)C(=O)c2cn[nH]c2-c2ccc3c(c2)OCCO3)cc1. The summed E-state index contributed by atoms with van der Waals surface area (Å²) in [5, 5.41) is 7.03. The second-order valence-electron chi connectivity index (χ2n) is 6.76. The highest BCUT2D eigenvalue weighted by molar-refractivity contribution is 5.99. The van der Waals surface area contributed by atoms with E-state index >= 15 is 0 Å². The van der Waals surface area contributed by atoms with Gasteiger partial charge in [-0.25, -0.2) is 0 Å². The maximum absolute atomic E-state index is 13.0. The van der Waals surface area contributed by atoms with Gasteiger partial charge in [-0.15, -0.1) is 0 Å². The average molecular weight is 393 g/mol. The molecule has 0 atom stereocenters. The highest BCUT2D eigenvalue weighted by Gasteiger charge is 2.21. The number of hydrogen-bond donors (Lipinski definition) is 1. The molecule has 150 valence electrons. The van der Waals surface area contributed by atoms with E-state index in [-0.39, 0.29) is 5.91 Å². The Bertz CT molecular complexity index is 998. The first-order chi connectivity index (χ1) is 14.2. The number of hydrogen-bond acceptors (Lipinski definition) is 5. The second kappa shape index (κ2) is 8.26. The molecular weight excluding hydrogens is 370 g/mol. The summed E-state index contributed by atoms with van der Waals surface area (Å²) >= 11 is 0. The Labute approximate surface area is 169 Å². The van der Waals surface area contributed by atoms with E-state index in [1.54, 1.807) is 18.1 Å². The van der Waals surface area contributed by atoms with Gasteiger partial charge in [-0.3, -0.25) is 9.89 Å². The molecule has 0 saturated carbocycles. The fourth-order valence-corrected chi connectivity index (χ4v) is 3.28. The number of carbonyl (C=O) groups excluding carboxylic acids is 1. The molecule has 3 aromatic rings. The molecule has 7 nitrogen and oxygen atoms in total. The van der Waals surface area contributed by atoms with Crippen LogP contribution in [0.25, 0.3) is 11.3 Å². The lowest BCUT2D eigenvalue weighted by Crippen LogP contribution is -2.26. The van der Waals surface area contributed by atoms with Crippen molar-refractivity contribution in [2.75, 3.05) is 26.9 Å². The van der Waals surface area contributed by atoms with E-state index in [0.29, 0.717) is 49.1 Å². The fraction of sp³-hybridized carbons (Fsp3) is 0.273. The molecule has 7 heteroatoms. The molecular formula is C22H23N3O4. The summed E-state index contributed by atoms with van der Waals surface area (Å²) in [5.74, 6) is 2.09. The van der Waals surface area contributed by atoms with Crippen molar-refractivity contribution in [1.29, 1.82) is 0 Å². The molecule has 0 saturated heterocycles. The number of nitrogens with one attached hydrogen (secondary N) is 1. The van der Waals surface area contributed by atoms with Crippen LogP contribution in [0.15, 0.2) is 48.7 Å². The molecule has 4 rings (SSSR count). The maximum Gasteiger partial charge on any atom is 0.257 e. The molecule has 2 heterocycles. The number of fused-ring (bicyclic) bond motifs is 1. The van der Waals surface area contributed by atoms with Crippen LogP contribution in [0, 0.1) is 0 Å². The van der Waals surface area contributed by atoms with Crippen LogP contribution in [-0.2, 0) is 6.54 Å². The van der Waals surface area contributed by atoms with Gasteiger partial charge in [-0.1, -0.05) is 12.1 Å². The van der Waals surface area contributed by atoms with Gasteiger partial charge in [0, 0.05) is 19.2 Å².